The molecule has 1 aliphatic heterocycles. The Labute approximate surface area is 135 Å². The van der Waals surface area contributed by atoms with Gasteiger partial charge >= 0.3 is 0 Å². The molecule has 23 heavy (non-hydrogen) atoms. The number of carbonyl (C=O) groups is 1. The van der Waals surface area contributed by atoms with E-state index in [4.69, 9.17) is 9.47 Å². The summed E-state index contributed by atoms with van der Waals surface area (Å²) in [5, 5.41) is 0. The first kappa shape index (κ1) is 14.4. The number of aldehydes is 1. The van der Waals surface area contributed by atoms with Crippen LogP contribution in [0.1, 0.15) is 40.7 Å². The van der Waals surface area contributed by atoms with Crippen molar-refractivity contribution >= 4 is 18.4 Å². The molecule has 1 unspecified atom stereocenters. The summed E-state index contributed by atoms with van der Waals surface area (Å²) in [6.45, 7) is 3.04. The Morgan fingerprint density at radius 2 is 1.70 bits per heavy atom. The molecule has 2 aliphatic rings. The third-order valence-electron chi connectivity index (χ3n) is 4.61. The summed E-state index contributed by atoms with van der Waals surface area (Å²) in [4.78, 5) is 11.1. The van der Waals surface area contributed by atoms with E-state index in [0.29, 0.717) is 13.2 Å². The van der Waals surface area contributed by atoms with Crippen LogP contribution in [-0.2, 0) is 20.1 Å². The lowest BCUT2D eigenvalue weighted by Crippen LogP contribution is -2.30. The second-order valence-corrected chi connectivity index (χ2v) is 6.01. The second kappa shape index (κ2) is 5.44. The summed E-state index contributed by atoms with van der Waals surface area (Å²) < 4.78 is 12.2. The van der Waals surface area contributed by atoms with Crippen molar-refractivity contribution in [3.63, 3.8) is 0 Å². The molecule has 0 amide bonds. The van der Waals surface area contributed by atoms with E-state index in [1.807, 2.05) is 31.2 Å². The number of carbonyl (C=O) groups excluding carboxylic acids is 1. The standard InChI is InChI=1S/C20H18O3/c1-14(13-21)16-8-9-19-17(12-16)7-6-15-4-2-3-5-18(15)20(19)22-10-11-23-20/h2-9,12-14H,10-11H2,1H3. The van der Waals surface area contributed by atoms with Gasteiger partial charge in [0.05, 0.1) is 13.2 Å². The minimum atomic E-state index is -0.849. The van der Waals surface area contributed by atoms with Crippen LogP contribution in [0.4, 0.5) is 0 Å². The van der Waals surface area contributed by atoms with Gasteiger partial charge in [-0.1, -0.05) is 61.5 Å². The van der Waals surface area contributed by atoms with E-state index in [1.54, 1.807) is 0 Å². The van der Waals surface area contributed by atoms with Crippen molar-refractivity contribution in [2.75, 3.05) is 13.2 Å². The molecular formula is C20H18O3. The first-order valence-corrected chi connectivity index (χ1v) is 7.90. The maximum absolute atomic E-state index is 11.1. The highest BCUT2D eigenvalue weighted by Crippen LogP contribution is 2.44. The van der Waals surface area contributed by atoms with Gasteiger partial charge in [-0.05, 0) is 16.7 Å². The van der Waals surface area contributed by atoms with Crippen LogP contribution in [0.5, 0.6) is 0 Å². The highest BCUT2D eigenvalue weighted by molar-refractivity contribution is 5.77. The summed E-state index contributed by atoms with van der Waals surface area (Å²) in [6, 6.07) is 14.2. The van der Waals surface area contributed by atoms with Gasteiger partial charge in [0.2, 0.25) is 5.79 Å². The van der Waals surface area contributed by atoms with Crippen molar-refractivity contribution in [2.45, 2.75) is 18.6 Å². The molecule has 0 saturated carbocycles. The fraction of sp³-hybridized carbons (Fsp3) is 0.250. The monoisotopic (exact) mass is 306 g/mol. The van der Waals surface area contributed by atoms with Gasteiger partial charge in [-0.25, -0.2) is 0 Å². The molecule has 2 aromatic carbocycles. The Bertz CT molecular complexity index is 785. The quantitative estimate of drug-likeness (QED) is 0.793. The van der Waals surface area contributed by atoms with Gasteiger partial charge in [0.25, 0.3) is 0 Å². The predicted molar refractivity (Wildman–Crippen MR) is 89.0 cm³/mol. The van der Waals surface area contributed by atoms with E-state index >= 15 is 0 Å². The molecule has 0 N–H and O–H groups in total. The minimum absolute atomic E-state index is 0.124. The number of benzene rings is 2. The second-order valence-electron chi connectivity index (χ2n) is 6.01. The maximum atomic E-state index is 11.1. The van der Waals surface area contributed by atoms with Gasteiger partial charge in [0, 0.05) is 17.0 Å². The number of rotatable bonds is 2. The van der Waals surface area contributed by atoms with Gasteiger partial charge in [0.1, 0.15) is 6.29 Å². The molecule has 0 aromatic heterocycles. The molecule has 1 saturated heterocycles. The normalized spacial score (nSPS) is 19.0. The molecule has 1 fully saturated rings. The average Bonchev–Trinajstić information content (AvgIpc) is 3.04. The molecule has 3 heteroatoms. The zero-order valence-electron chi connectivity index (χ0n) is 13.0. The molecule has 116 valence electrons. The van der Waals surface area contributed by atoms with Gasteiger partial charge in [-0.2, -0.15) is 0 Å². The van der Waals surface area contributed by atoms with Crippen molar-refractivity contribution in [3.05, 3.63) is 70.3 Å². The largest absolute Gasteiger partial charge is 0.340 e. The maximum Gasteiger partial charge on any atom is 0.223 e. The fourth-order valence-electron chi connectivity index (χ4n) is 3.37. The zero-order chi connectivity index (χ0) is 15.9. The SMILES string of the molecule is CC(C=O)c1ccc2c(c1)C=Cc1ccccc1C21OCCO1. The Morgan fingerprint density at radius 1 is 1.00 bits per heavy atom. The van der Waals surface area contributed by atoms with Crippen molar-refractivity contribution < 1.29 is 14.3 Å². The third kappa shape index (κ3) is 2.16. The topological polar surface area (TPSA) is 35.5 Å². The first-order valence-electron chi connectivity index (χ1n) is 7.90. The van der Waals surface area contributed by atoms with E-state index in [-0.39, 0.29) is 5.92 Å². The first-order chi connectivity index (χ1) is 11.2. The van der Waals surface area contributed by atoms with Crippen LogP contribution in [0.2, 0.25) is 0 Å². The summed E-state index contributed by atoms with van der Waals surface area (Å²) in [5.41, 5.74) is 5.16. The fourth-order valence-corrected chi connectivity index (χ4v) is 3.37. The summed E-state index contributed by atoms with van der Waals surface area (Å²) in [6.07, 6.45) is 5.13. The van der Waals surface area contributed by atoms with E-state index in [0.717, 1.165) is 34.1 Å². The van der Waals surface area contributed by atoms with Gasteiger partial charge in [-0.15, -0.1) is 0 Å². The summed E-state index contributed by atoms with van der Waals surface area (Å²) in [5.74, 6) is -0.973. The molecule has 1 atom stereocenters. The molecule has 1 spiro atoms. The van der Waals surface area contributed by atoms with Crippen molar-refractivity contribution in [1.29, 1.82) is 0 Å². The molecule has 4 rings (SSSR count). The molecule has 2 aromatic rings. The molecule has 1 heterocycles. The highest BCUT2D eigenvalue weighted by Gasteiger charge is 2.44. The highest BCUT2D eigenvalue weighted by atomic mass is 16.7. The number of fused-ring (bicyclic) bond motifs is 4. The predicted octanol–water partition coefficient (Wildman–Crippen LogP) is 3.72. The van der Waals surface area contributed by atoms with Crippen LogP contribution in [0, 0.1) is 0 Å². The number of ether oxygens (including phenoxy) is 2. The van der Waals surface area contributed by atoms with Crippen LogP contribution in [0.15, 0.2) is 42.5 Å². The lowest BCUT2D eigenvalue weighted by atomic mass is 9.90. The molecular weight excluding hydrogens is 288 g/mol. The molecule has 3 nitrogen and oxygen atoms in total. The van der Waals surface area contributed by atoms with Crippen LogP contribution < -0.4 is 0 Å². The Morgan fingerprint density at radius 3 is 2.48 bits per heavy atom. The Hall–Kier alpha value is -2.23. The summed E-state index contributed by atoms with van der Waals surface area (Å²) >= 11 is 0. The molecule has 0 bridgehead atoms. The number of hydrogen-bond acceptors (Lipinski definition) is 3. The van der Waals surface area contributed by atoms with Crippen LogP contribution in [-0.4, -0.2) is 19.5 Å². The van der Waals surface area contributed by atoms with Crippen molar-refractivity contribution in [2.24, 2.45) is 0 Å². The van der Waals surface area contributed by atoms with Gasteiger partial charge in [0.15, 0.2) is 0 Å². The van der Waals surface area contributed by atoms with Gasteiger partial charge in [-0.3, -0.25) is 0 Å². The van der Waals surface area contributed by atoms with Crippen LogP contribution >= 0.6 is 0 Å². The lowest BCUT2D eigenvalue weighted by Gasteiger charge is -2.30. The van der Waals surface area contributed by atoms with Crippen molar-refractivity contribution in [3.8, 4) is 0 Å². The zero-order valence-corrected chi connectivity index (χ0v) is 13.0. The van der Waals surface area contributed by atoms with Crippen molar-refractivity contribution in [1.82, 2.24) is 0 Å². The lowest BCUT2D eigenvalue weighted by molar-refractivity contribution is -0.130. The minimum Gasteiger partial charge on any atom is -0.340 e. The van der Waals surface area contributed by atoms with E-state index in [9.17, 15) is 4.79 Å². The van der Waals surface area contributed by atoms with E-state index < -0.39 is 5.79 Å². The molecule has 1 aliphatic carbocycles. The average molecular weight is 306 g/mol. The summed E-state index contributed by atoms with van der Waals surface area (Å²) in [7, 11) is 0. The smallest absolute Gasteiger partial charge is 0.223 e. The van der Waals surface area contributed by atoms with E-state index in [2.05, 4.69) is 30.4 Å². The van der Waals surface area contributed by atoms with Crippen LogP contribution in [0.25, 0.3) is 12.2 Å². The third-order valence-corrected chi connectivity index (χ3v) is 4.61. The number of hydrogen-bond donors (Lipinski definition) is 0. The Balaban J connectivity index is 1.95. The van der Waals surface area contributed by atoms with E-state index in [1.165, 1.54) is 0 Å². The van der Waals surface area contributed by atoms with Crippen LogP contribution in [0.3, 0.4) is 0 Å². The molecule has 0 radical (unpaired) electrons. The Kier molecular flexibility index (Phi) is 3.40. The van der Waals surface area contributed by atoms with Gasteiger partial charge < -0.3 is 14.3 Å².